The van der Waals surface area contributed by atoms with Crippen molar-refractivity contribution in [3.05, 3.63) is 16.8 Å². The molecule has 0 aliphatic heterocycles. The molecule has 1 fully saturated rings. The molecule has 0 bridgehead atoms. The highest BCUT2D eigenvalue weighted by molar-refractivity contribution is 7.16. The molecule has 2 aromatic heterocycles. The molecule has 0 unspecified atom stereocenters. The summed E-state index contributed by atoms with van der Waals surface area (Å²) in [5, 5.41) is 11.8. The van der Waals surface area contributed by atoms with Gasteiger partial charge in [0.25, 0.3) is 0 Å². The molecule has 0 amide bonds. The van der Waals surface area contributed by atoms with E-state index in [0.29, 0.717) is 6.04 Å². The van der Waals surface area contributed by atoms with Crippen LogP contribution in [0.3, 0.4) is 0 Å². The van der Waals surface area contributed by atoms with Gasteiger partial charge in [-0.2, -0.15) is 5.10 Å². The first-order chi connectivity index (χ1) is 8.40. The molecule has 5 heteroatoms. The van der Waals surface area contributed by atoms with Crippen molar-refractivity contribution in [2.45, 2.75) is 38.1 Å². The largest absolute Gasteiger partial charge is 0.359 e. The summed E-state index contributed by atoms with van der Waals surface area (Å²) in [6.07, 6.45) is 7.92. The Hall–Kier alpha value is -1.36. The van der Waals surface area contributed by atoms with Gasteiger partial charge in [0.05, 0.1) is 11.9 Å². The van der Waals surface area contributed by atoms with Crippen LogP contribution in [0.5, 0.6) is 0 Å². The molecule has 0 radical (unpaired) electrons. The van der Waals surface area contributed by atoms with E-state index in [4.69, 9.17) is 4.98 Å². The van der Waals surface area contributed by atoms with E-state index in [1.54, 1.807) is 0 Å². The minimum atomic E-state index is 0.675. The van der Waals surface area contributed by atoms with Crippen LogP contribution in [0.15, 0.2) is 6.20 Å². The number of H-pyrrole nitrogens is 1. The fourth-order valence-corrected chi connectivity index (χ4v) is 3.42. The van der Waals surface area contributed by atoms with Crippen molar-refractivity contribution in [1.29, 1.82) is 0 Å². The van der Waals surface area contributed by atoms with Crippen molar-refractivity contribution in [1.82, 2.24) is 15.2 Å². The lowest BCUT2D eigenvalue weighted by atomic mass is 10.2. The second-order valence-corrected chi connectivity index (χ2v) is 5.91. The van der Waals surface area contributed by atoms with Gasteiger partial charge in [0, 0.05) is 22.2 Å². The van der Waals surface area contributed by atoms with Gasteiger partial charge in [-0.25, -0.2) is 4.98 Å². The van der Waals surface area contributed by atoms with Gasteiger partial charge in [-0.05, 0) is 32.1 Å². The van der Waals surface area contributed by atoms with Crippen molar-refractivity contribution in [2.24, 2.45) is 0 Å². The van der Waals surface area contributed by atoms with Crippen LogP contribution in [-0.4, -0.2) is 21.2 Å². The first kappa shape index (κ1) is 9.65. The van der Waals surface area contributed by atoms with E-state index in [-0.39, 0.29) is 0 Å². The molecule has 4 nitrogen and oxygen atoms in total. The summed E-state index contributed by atoms with van der Waals surface area (Å²) in [6.45, 7) is 0. The number of anilines is 1. The summed E-state index contributed by atoms with van der Waals surface area (Å²) < 4.78 is 0. The van der Waals surface area contributed by atoms with E-state index in [2.05, 4.69) is 15.5 Å². The Morgan fingerprint density at radius 1 is 1.35 bits per heavy atom. The number of fused-ring (bicyclic) bond motifs is 3. The van der Waals surface area contributed by atoms with Gasteiger partial charge in [-0.15, -0.1) is 11.3 Å². The number of rotatable bonds is 2. The fourth-order valence-electron chi connectivity index (χ4n) is 2.33. The number of thiazole rings is 1. The Balaban J connectivity index is 1.77. The van der Waals surface area contributed by atoms with Crippen molar-refractivity contribution >= 4 is 16.5 Å². The summed E-state index contributed by atoms with van der Waals surface area (Å²) >= 11 is 1.82. The number of aromatic nitrogens is 3. The molecule has 1 saturated carbocycles. The number of hydrogen-bond donors (Lipinski definition) is 2. The second kappa shape index (κ2) is 3.57. The topological polar surface area (TPSA) is 53.6 Å². The monoisotopic (exact) mass is 246 g/mol. The number of nitrogens with one attached hydrogen (secondary N) is 2. The van der Waals surface area contributed by atoms with E-state index in [9.17, 15) is 0 Å². The highest BCUT2D eigenvalue weighted by Crippen LogP contribution is 2.37. The highest BCUT2D eigenvalue weighted by atomic mass is 32.1. The highest BCUT2D eigenvalue weighted by Gasteiger charge is 2.25. The van der Waals surface area contributed by atoms with Crippen LogP contribution >= 0.6 is 11.3 Å². The zero-order valence-electron chi connectivity index (χ0n) is 9.49. The third-order valence-corrected chi connectivity index (χ3v) is 4.45. The summed E-state index contributed by atoms with van der Waals surface area (Å²) in [4.78, 5) is 6.16. The van der Waals surface area contributed by atoms with Crippen molar-refractivity contribution < 1.29 is 0 Å². The van der Waals surface area contributed by atoms with E-state index < -0.39 is 0 Å². The lowest BCUT2D eigenvalue weighted by molar-refractivity contribution is 0.811. The first-order valence-electron chi connectivity index (χ1n) is 6.19. The smallest absolute Gasteiger partial charge is 0.183 e. The summed E-state index contributed by atoms with van der Waals surface area (Å²) in [5.74, 6) is 0. The molecule has 0 atom stereocenters. The van der Waals surface area contributed by atoms with Gasteiger partial charge in [0.2, 0.25) is 0 Å². The predicted molar refractivity (Wildman–Crippen MR) is 68.4 cm³/mol. The Bertz CT molecular complexity index is 553. The molecule has 2 aromatic rings. The minimum Gasteiger partial charge on any atom is -0.359 e. The van der Waals surface area contributed by atoms with Crippen LogP contribution in [-0.2, 0) is 12.8 Å². The van der Waals surface area contributed by atoms with E-state index >= 15 is 0 Å². The van der Waals surface area contributed by atoms with Gasteiger partial charge in [0.1, 0.15) is 0 Å². The van der Waals surface area contributed by atoms with Crippen molar-refractivity contribution in [3.63, 3.8) is 0 Å². The summed E-state index contributed by atoms with van der Waals surface area (Å²) in [6, 6.07) is 0.675. The summed E-state index contributed by atoms with van der Waals surface area (Å²) in [5.41, 5.74) is 3.60. The normalized spacial score (nSPS) is 18.4. The molecule has 17 heavy (non-hydrogen) atoms. The van der Waals surface area contributed by atoms with Gasteiger partial charge >= 0.3 is 0 Å². The molecule has 2 N–H and O–H groups in total. The maximum absolute atomic E-state index is 4.75. The van der Waals surface area contributed by atoms with E-state index in [1.807, 2.05) is 17.5 Å². The van der Waals surface area contributed by atoms with Crippen LogP contribution in [0.25, 0.3) is 11.3 Å². The molecular weight excluding hydrogens is 232 g/mol. The second-order valence-electron chi connectivity index (χ2n) is 4.83. The van der Waals surface area contributed by atoms with Gasteiger partial charge < -0.3 is 5.32 Å². The number of aromatic amines is 1. The molecule has 2 heterocycles. The Morgan fingerprint density at radius 3 is 3.18 bits per heavy atom. The maximum atomic E-state index is 4.75. The number of aryl methyl sites for hydroxylation is 2. The Kier molecular flexibility index (Phi) is 2.02. The number of nitrogens with zero attached hydrogens (tertiary/aromatic N) is 2. The molecule has 2 aliphatic carbocycles. The van der Waals surface area contributed by atoms with E-state index in [0.717, 1.165) is 23.7 Å². The molecular formula is C12H14N4S. The van der Waals surface area contributed by atoms with Gasteiger partial charge in [0.15, 0.2) is 5.13 Å². The Labute approximate surface area is 103 Å². The summed E-state index contributed by atoms with van der Waals surface area (Å²) in [7, 11) is 0. The van der Waals surface area contributed by atoms with Crippen LogP contribution in [0.2, 0.25) is 0 Å². The van der Waals surface area contributed by atoms with Crippen LogP contribution in [0, 0.1) is 0 Å². The molecule has 0 saturated heterocycles. The first-order valence-corrected chi connectivity index (χ1v) is 7.00. The lowest BCUT2D eigenvalue weighted by Gasteiger charge is -1.97. The van der Waals surface area contributed by atoms with Crippen LogP contribution in [0.4, 0.5) is 5.13 Å². The average Bonchev–Trinajstić information content (AvgIpc) is 2.90. The zero-order valence-corrected chi connectivity index (χ0v) is 10.3. The SMILES string of the molecule is c1n[nH]c2c1-c1nc(NC3CC3)sc1CCC2. The zero-order chi connectivity index (χ0) is 11.2. The van der Waals surface area contributed by atoms with Gasteiger partial charge in [-0.3, -0.25) is 5.10 Å². The fraction of sp³-hybridized carbons (Fsp3) is 0.500. The van der Waals surface area contributed by atoms with Gasteiger partial charge in [-0.1, -0.05) is 0 Å². The maximum Gasteiger partial charge on any atom is 0.183 e. The average molecular weight is 246 g/mol. The molecule has 0 aromatic carbocycles. The lowest BCUT2D eigenvalue weighted by Crippen LogP contribution is -1.99. The van der Waals surface area contributed by atoms with Crippen LogP contribution < -0.4 is 5.32 Å². The van der Waals surface area contributed by atoms with Crippen molar-refractivity contribution in [3.8, 4) is 11.3 Å². The molecule has 0 spiro atoms. The third kappa shape index (κ3) is 1.65. The minimum absolute atomic E-state index is 0.675. The quantitative estimate of drug-likeness (QED) is 0.856. The predicted octanol–water partition coefficient (Wildman–Crippen LogP) is 2.60. The van der Waals surface area contributed by atoms with E-state index in [1.165, 1.54) is 35.4 Å². The van der Waals surface area contributed by atoms with Crippen molar-refractivity contribution in [2.75, 3.05) is 5.32 Å². The molecule has 2 aliphatic rings. The van der Waals surface area contributed by atoms with Crippen LogP contribution in [0.1, 0.15) is 29.8 Å². The third-order valence-electron chi connectivity index (χ3n) is 3.41. The molecule has 4 rings (SSSR count). The number of hydrogen-bond acceptors (Lipinski definition) is 4. The molecule has 88 valence electrons. The standard InChI is InChI=1S/C12H14N4S/c1-2-9-8(6-13-16-9)11-10(3-1)17-12(15-11)14-7-4-5-7/h6-7H,1-5H2,(H,13,16)(H,14,15). The Morgan fingerprint density at radius 2 is 2.29 bits per heavy atom.